The second-order valence-electron chi connectivity index (χ2n) is 3.76. The number of benzene rings is 1. The van der Waals surface area contributed by atoms with Gasteiger partial charge in [-0.3, -0.25) is 9.89 Å². The zero-order valence-electron chi connectivity index (χ0n) is 9.45. The summed E-state index contributed by atoms with van der Waals surface area (Å²) >= 11 is 0. The molecule has 0 unspecified atom stereocenters. The zero-order valence-corrected chi connectivity index (χ0v) is 9.45. The number of aromatic amines is 1. The van der Waals surface area contributed by atoms with Crippen molar-refractivity contribution in [3.05, 3.63) is 51.9 Å². The molecule has 0 bridgehead atoms. The van der Waals surface area contributed by atoms with Crippen LogP contribution in [0.25, 0.3) is 5.69 Å². The van der Waals surface area contributed by atoms with Crippen LogP contribution >= 0.6 is 0 Å². The molecular formula is C12H15N3O. The second kappa shape index (κ2) is 4.37. The molecule has 4 heteroatoms. The average molecular weight is 217 g/mol. The van der Waals surface area contributed by atoms with E-state index in [4.69, 9.17) is 0 Å². The van der Waals surface area contributed by atoms with Crippen LogP contribution in [0.5, 0.6) is 0 Å². The Morgan fingerprint density at radius 3 is 2.81 bits per heavy atom. The van der Waals surface area contributed by atoms with E-state index in [2.05, 4.69) is 10.4 Å². The third kappa shape index (κ3) is 1.79. The third-order valence-corrected chi connectivity index (χ3v) is 2.57. The zero-order chi connectivity index (χ0) is 11.5. The number of aromatic nitrogens is 2. The minimum absolute atomic E-state index is 0.00338. The van der Waals surface area contributed by atoms with Crippen molar-refractivity contribution >= 4 is 0 Å². The van der Waals surface area contributed by atoms with Crippen LogP contribution in [0.4, 0.5) is 0 Å². The van der Waals surface area contributed by atoms with Crippen molar-refractivity contribution in [2.45, 2.75) is 13.5 Å². The standard InChI is InChI=1S/C12H15N3O/c1-9-5-3-4-6-11(9)15-12(16)10(7-13-2)8-14-15/h3-6,8,13-14H,7H2,1-2H3. The average Bonchev–Trinajstić information content (AvgIpc) is 2.62. The van der Waals surface area contributed by atoms with E-state index >= 15 is 0 Å². The molecule has 0 amide bonds. The number of hydrogen-bond acceptors (Lipinski definition) is 2. The molecule has 0 spiro atoms. The van der Waals surface area contributed by atoms with E-state index in [0.29, 0.717) is 6.54 Å². The first kappa shape index (κ1) is 10.7. The van der Waals surface area contributed by atoms with Gasteiger partial charge in [-0.15, -0.1) is 0 Å². The van der Waals surface area contributed by atoms with Gasteiger partial charge < -0.3 is 5.32 Å². The van der Waals surface area contributed by atoms with Crippen molar-refractivity contribution in [2.24, 2.45) is 0 Å². The minimum Gasteiger partial charge on any atom is -0.315 e. The lowest BCUT2D eigenvalue weighted by atomic mass is 10.2. The number of para-hydroxylation sites is 1. The molecule has 84 valence electrons. The molecule has 16 heavy (non-hydrogen) atoms. The molecule has 2 rings (SSSR count). The summed E-state index contributed by atoms with van der Waals surface area (Å²) in [4.78, 5) is 12.0. The summed E-state index contributed by atoms with van der Waals surface area (Å²) < 4.78 is 1.57. The summed E-state index contributed by atoms with van der Waals surface area (Å²) in [6, 6.07) is 7.80. The monoisotopic (exact) mass is 217 g/mol. The highest BCUT2D eigenvalue weighted by Crippen LogP contribution is 2.10. The van der Waals surface area contributed by atoms with Crippen molar-refractivity contribution in [1.82, 2.24) is 15.1 Å². The minimum atomic E-state index is 0.00338. The Balaban J connectivity index is 2.50. The molecule has 0 radical (unpaired) electrons. The SMILES string of the molecule is CNCc1c[nH]n(-c2ccccc2C)c1=O. The quantitative estimate of drug-likeness (QED) is 0.811. The molecular weight excluding hydrogens is 202 g/mol. The van der Waals surface area contributed by atoms with Gasteiger partial charge in [0.15, 0.2) is 0 Å². The summed E-state index contributed by atoms with van der Waals surface area (Å²) in [7, 11) is 1.82. The van der Waals surface area contributed by atoms with Gasteiger partial charge in [-0.05, 0) is 25.6 Å². The molecule has 4 nitrogen and oxygen atoms in total. The van der Waals surface area contributed by atoms with Crippen LogP contribution in [0, 0.1) is 6.92 Å². The number of nitrogens with one attached hydrogen (secondary N) is 2. The predicted molar refractivity (Wildman–Crippen MR) is 63.9 cm³/mol. The van der Waals surface area contributed by atoms with Crippen LogP contribution in [0.1, 0.15) is 11.1 Å². The Labute approximate surface area is 93.9 Å². The Morgan fingerprint density at radius 1 is 1.38 bits per heavy atom. The van der Waals surface area contributed by atoms with Crippen molar-refractivity contribution < 1.29 is 0 Å². The first-order chi connectivity index (χ1) is 7.74. The molecule has 0 atom stereocenters. The first-order valence-electron chi connectivity index (χ1n) is 5.24. The van der Waals surface area contributed by atoms with Crippen LogP contribution in [0.15, 0.2) is 35.3 Å². The molecule has 0 saturated carbocycles. The normalized spacial score (nSPS) is 10.6. The van der Waals surface area contributed by atoms with E-state index < -0.39 is 0 Å². The van der Waals surface area contributed by atoms with Crippen LogP contribution in [0.2, 0.25) is 0 Å². The molecule has 2 aromatic rings. The van der Waals surface area contributed by atoms with Gasteiger partial charge in [0.1, 0.15) is 0 Å². The highest BCUT2D eigenvalue weighted by Gasteiger charge is 2.07. The first-order valence-corrected chi connectivity index (χ1v) is 5.24. The number of aryl methyl sites for hydroxylation is 1. The molecule has 2 N–H and O–H groups in total. The maximum absolute atomic E-state index is 12.0. The Bertz CT molecular complexity index is 539. The van der Waals surface area contributed by atoms with E-state index in [1.165, 1.54) is 0 Å². The maximum atomic E-state index is 12.0. The second-order valence-corrected chi connectivity index (χ2v) is 3.76. The molecule has 1 aromatic heterocycles. The summed E-state index contributed by atoms with van der Waals surface area (Å²) in [5.74, 6) is 0. The summed E-state index contributed by atoms with van der Waals surface area (Å²) in [6.45, 7) is 2.56. The van der Waals surface area contributed by atoms with Gasteiger partial charge in [-0.25, -0.2) is 4.68 Å². The highest BCUT2D eigenvalue weighted by molar-refractivity contribution is 5.39. The summed E-state index contributed by atoms with van der Waals surface area (Å²) in [5, 5.41) is 5.95. The molecule has 0 aliphatic heterocycles. The van der Waals surface area contributed by atoms with E-state index in [0.717, 1.165) is 16.8 Å². The molecule has 0 aliphatic carbocycles. The number of rotatable bonds is 3. The Kier molecular flexibility index (Phi) is 2.92. The van der Waals surface area contributed by atoms with Gasteiger partial charge in [0.25, 0.3) is 5.56 Å². The fourth-order valence-corrected chi connectivity index (χ4v) is 1.72. The van der Waals surface area contributed by atoms with E-state index in [9.17, 15) is 4.79 Å². The van der Waals surface area contributed by atoms with Crippen molar-refractivity contribution in [2.75, 3.05) is 7.05 Å². The van der Waals surface area contributed by atoms with E-state index in [1.807, 2.05) is 38.2 Å². The topological polar surface area (TPSA) is 49.8 Å². The number of H-pyrrole nitrogens is 1. The predicted octanol–water partition coefficient (Wildman–Crippen LogP) is 1.19. The van der Waals surface area contributed by atoms with E-state index in [1.54, 1.807) is 10.9 Å². The van der Waals surface area contributed by atoms with Gasteiger partial charge in [0.05, 0.1) is 11.3 Å². The highest BCUT2D eigenvalue weighted by atomic mass is 16.1. The summed E-state index contributed by atoms with van der Waals surface area (Å²) in [6.07, 6.45) is 1.74. The van der Waals surface area contributed by atoms with Crippen LogP contribution in [-0.2, 0) is 6.54 Å². The summed E-state index contributed by atoms with van der Waals surface area (Å²) in [5.41, 5.74) is 2.71. The fourth-order valence-electron chi connectivity index (χ4n) is 1.72. The lowest BCUT2D eigenvalue weighted by Gasteiger charge is -2.04. The van der Waals surface area contributed by atoms with Gasteiger partial charge in [-0.2, -0.15) is 0 Å². The Hall–Kier alpha value is -1.81. The maximum Gasteiger partial charge on any atom is 0.275 e. The smallest absolute Gasteiger partial charge is 0.275 e. The molecule has 0 aliphatic rings. The lowest BCUT2D eigenvalue weighted by Crippen LogP contribution is -2.20. The van der Waals surface area contributed by atoms with Crippen molar-refractivity contribution in [3.8, 4) is 5.69 Å². The van der Waals surface area contributed by atoms with Crippen molar-refractivity contribution in [1.29, 1.82) is 0 Å². The fraction of sp³-hybridized carbons (Fsp3) is 0.250. The molecule has 0 saturated heterocycles. The van der Waals surface area contributed by atoms with Gasteiger partial charge in [-0.1, -0.05) is 18.2 Å². The van der Waals surface area contributed by atoms with Crippen LogP contribution in [-0.4, -0.2) is 16.8 Å². The van der Waals surface area contributed by atoms with Crippen molar-refractivity contribution in [3.63, 3.8) is 0 Å². The number of hydrogen-bond donors (Lipinski definition) is 2. The molecule has 0 fully saturated rings. The van der Waals surface area contributed by atoms with Gasteiger partial charge in [0, 0.05) is 12.7 Å². The Morgan fingerprint density at radius 2 is 2.12 bits per heavy atom. The molecule has 1 heterocycles. The van der Waals surface area contributed by atoms with Crippen LogP contribution < -0.4 is 10.9 Å². The lowest BCUT2D eigenvalue weighted by molar-refractivity contribution is 0.801. The largest absolute Gasteiger partial charge is 0.315 e. The van der Waals surface area contributed by atoms with Crippen LogP contribution in [0.3, 0.4) is 0 Å². The number of nitrogens with zero attached hydrogens (tertiary/aromatic N) is 1. The molecule has 1 aromatic carbocycles. The van der Waals surface area contributed by atoms with E-state index in [-0.39, 0.29) is 5.56 Å². The third-order valence-electron chi connectivity index (χ3n) is 2.57. The van der Waals surface area contributed by atoms with Gasteiger partial charge >= 0.3 is 0 Å². The van der Waals surface area contributed by atoms with Gasteiger partial charge in [0.2, 0.25) is 0 Å².